The highest BCUT2D eigenvalue weighted by molar-refractivity contribution is 7.89. The fourth-order valence-electron chi connectivity index (χ4n) is 3.34. The second-order valence-corrected chi connectivity index (χ2v) is 9.27. The van der Waals surface area contributed by atoms with Gasteiger partial charge in [-0.25, -0.2) is 13.1 Å². The summed E-state index contributed by atoms with van der Waals surface area (Å²) in [6, 6.07) is 12.7. The van der Waals surface area contributed by atoms with Crippen LogP contribution in [0, 0.1) is 5.92 Å². The number of anilines is 1. The van der Waals surface area contributed by atoms with Gasteiger partial charge in [-0.3, -0.25) is 9.59 Å². The highest BCUT2D eigenvalue weighted by atomic mass is 35.5. The van der Waals surface area contributed by atoms with Gasteiger partial charge in [-0.15, -0.1) is 0 Å². The van der Waals surface area contributed by atoms with Gasteiger partial charge in [-0.1, -0.05) is 36.6 Å². The van der Waals surface area contributed by atoms with E-state index in [1.165, 1.54) is 12.1 Å². The third kappa shape index (κ3) is 5.81. The van der Waals surface area contributed by atoms with Gasteiger partial charge in [0.15, 0.2) is 0 Å². The van der Waals surface area contributed by atoms with Crippen molar-refractivity contribution in [3.05, 3.63) is 59.1 Å². The molecule has 1 aliphatic carbocycles. The van der Waals surface area contributed by atoms with E-state index in [2.05, 4.69) is 15.4 Å². The third-order valence-corrected chi connectivity index (χ3v) is 6.93. The van der Waals surface area contributed by atoms with Crippen LogP contribution in [-0.4, -0.2) is 33.3 Å². The molecular weight excluding hydrogens is 426 g/mol. The van der Waals surface area contributed by atoms with Gasteiger partial charge in [0.2, 0.25) is 15.9 Å². The van der Waals surface area contributed by atoms with Crippen LogP contribution in [0.3, 0.4) is 0 Å². The SMILES string of the molecule is O=C(NCCNS(=O)(=O)c1ccccc1Cl)c1ccc(NC(=O)C2CCCC2)cc1. The molecule has 3 N–H and O–H groups in total. The van der Waals surface area contributed by atoms with Crippen molar-refractivity contribution in [1.29, 1.82) is 0 Å². The van der Waals surface area contributed by atoms with Crippen LogP contribution in [0.5, 0.6) is 0 Å². The summed E-state index contributed by atoms with van der Waals surface area (Å²) in [5.41, 5.74) is 1.07. The van der Waals surface area contributed by atoms with E-state index in [4.69, 9.17) is 11.6 Å². The van der Waals surface area contributed by atoms with Crippen molar-refractivity contribution < 1.29 is 18.0 Å². The van der Waals surface area contributed by atoms with E-state index in [-0.39, 0.29) is 40.7 Å². The first-order valence-corrected chi connectivity index (χ1v) is 11.7. The maximum atomic E-state index is 12.2. The van der Waals surface area contributed by atoms with Crippen molar-refractivity contribution in [2.45, 2.75) is 30.6 Å². The van der Waals surface area contributed by atoms with Gasteiger partial charge in [0.05, 0.1) is 5.02 Å². The lowest BCUT2D eigenvalue weighted by Crippen LogP contribution is -2.34. The molecule has 2 amide bonds. The number of carbonyl (C=O) groups is 2. The predicted octanol–water partition coefficient (Wildman–Crippen LogP) is 3.18. The topological polar surface area (TPSA) is 104 Å². The summed E-state index contributed by atoms with van der Waals surface area (Å²) in [5, 5.41) is 5.67. The number of hydrogen-bond acceptors (Lipinski definition) is 4. The first-order chi connectivity index (χ1) is 14.4. The molecule has 2 aromatic carbocycles. The summed E-state index contributed by atoms with van der Waals surface area (Å²) in [5.74, 6) is -0.237. The summed E-state index contributed by atoms with van der Waals surface area (Å²) in [4.78, 5) is 24.4. The Labute approximate surface area is 181 Å². The molecule has 9 heteroatoms. The lowest BCUT2D eigenvalue weighted by molar-refractivity contribution is -0.119. The molecule has 2 aromatic rings. The van der Waals surface area contributed by atoms with Gasteiger partial charge < -0.3 is 10.6 Å². The molecule has 1 aliphatic rings. The van der Waals surface area contributed by atoms with Gasteiger partial charge in [0, 0.05) is 30.3 Å². The Morgan fingerprint density at radius 2 is 1.63 bits per heavy atom. The van der Waals surface area contributed by atoms with E-state index in [9.17, 15) is 18.0 Å². The molecule has 1 saturated carbocycles. The van der Waals surface area contributed by atoms with Gasteiger partial charge in [0.1, 0.15) is 4.90 Å². The van der Waals surface area contributed by atoms with Crippen molar-refractivity contribution in [2.24, 2.45) is 5.92 Å². The normalized spacial score (nSPS) is 14.4. The first kappa shape index (κ1) is 22.3. The Bertz CT molecular complexity index is 1000. The number of benzene rings is 2. The van der Waals surface area contributed by atoms with Crippen LogP contribution in [0.1, 0.15) is 36.0 Å². The summed E-state index contributed by atoms with van der Waals surface area (Å²) in [7, 11) is -3.75. The standard InChI is InChI=1S/C21H24ClN3O4S/c22-18-7-3-4-8-19(18)30(28,29)24-14-13-23-20(26)16-9-11-17(12-10-16)25-21(27)15-5-1-2-6-15/h3-4,7-12,15,24H,1-2,5-6,13-14H2,(H,23,26)(H,25,27). The molecule has 3 rings (SSSR count). The quantitative estimate of drug-likeness (QED) is 0.538. The van der Waals surface area contributed by atoms with Crippen LogP contribution in [-0.2, 0) is 14.8 Å². The third-order valence-electron chi connectivity index (χ3n) is 4.97. The molecule has 0 aromatic heterocycles. The van der Waals surface area contributed by atoms with Gasteiger partial charge in [-0.05, 0) is 49.2 Å². The largest absolute Gasteiger partial charge is 0.351 e. The minimum absolute atomic E-state index is 0.00627. The molecule has 7 nitrogen and oxygen atoms in total. The highest BCUT2D eigenvalue weighted by Crippen LogP contribution is 2.26. The summed E-state index contributed by atoms with van der Waals surface area (Å²) in [6.07, 6.45) is 4.02. The molecule has 0 radical (unpaired) electrons. The Hall–Kier alpha value is -2.42. The average molecular weight is 450 g/mol. The predicted molar refractivity (Wildman–Crippen MR) is 116 cm³/mol. The monoisotopic (exact) mass is 449 g/mol. The number of sulfonamides is 1. The zero-order chi connectivity index (χ0) is 21.6. The number of rotatable bonds is 8. The van der Waals surface area contributed by atoms with E-state index in [0.29, 0.717) is 11.3 Å². The Kier molecular flexibility index (Phi) is 7.47. The molecule has 0 unspecified atom stereocenters. The maximum Gasteiger partial charge on any atom is 0.251 e. The molecule has 0 atom stereocenters. The van der Waals surface area contributed by atoms with Gasteiger partial charge in [0.25, 0.3) is 5.91 Å². The van der Waals surface area contributed by atoms with Crippen LogP contribution in [0.25, 0.3) is 0 Å². The molecule has 0 spiro atoms. The van der Waals surface area contributed by atoms with Crippen molar-refractivity contribution in [3.8, 4) is 0 Å². The van der Waals surface area contributed by atoms with Gasteiger partial charge >= 0.3 is 0 Å². The van der Waals surface area contributed by atoms with Crippen molar-refractivity contribution in [1.82, 2.24) is 10.0 Å². The lowest BCUT2D eigenvalue weighted by Gasteiger charge is -2.11. The first-order valence-electron chi connectivity index (χ1n) is 9.80. The number of hydrogen-bond donors (Lipinski definition) is 3. The summed E-state index contributed by atoms with van der Waals surface area (Å²) < 4.78 is 26.9. The smallest absolute Gasteiger partial charge is 0.251 e. The van der Waals surface area contributed by atoms with Crippen LogP contribution in [0.4, 0.5) is 5.69 Å². The summed E-state index contributed by atoms with van der Waals surface area (Å²) in [6.45, 7) is 0.136. The van der Waals surface area contributed by atoms with E-state index in [1.54, 1.807) is 36.4 Å². The molecule has 0 heterocycles. The van der Waals surface area contributed by atoms with E-state index in [1.807, 2.05) is 0 Å². The second-order valence-electron chi connectivity index (χ2n) is 7.13. The minimum atomic E-state index is -3.75. The number of carbonyl (C=O) groups excluding carboxylic acids is 2. The summed E-state index contributed by atoms with van der Waals surface area (Å²) >= 11 is 5.92. The van der Waals surface area contributed by atoms with E-state index < -0.39 is 10.0 Å². The molecule has 30 heavy (non-hydrogen) atoms. The fraction of sp³-hybridized carbons (Fsp3) is 0.333. The van der Waals surface area contributed by atoms with Gasteiger partial charge in [-0.2, -0.15) is 0 Å². The van der Waals surface area contributed by atoms with Crippen LogP contribution in [0.2, 0.25) is 5.02 Å². The Morgan fingerprint density at radius 3 is 2.30 bits per heavy atom. The van der Waals surface area contributed by atoms with Crippen molar-refractivity contribution in [3.63, 3.8) is 0 Å². The maximum absolute atomic E-state index is 12.2. The van der Waals surface area contributed by atoms with Crippen molar-refractivity contribution >= 4 is 39.1 Å². The molecule has 1 fully saturated rings. The van der Waals surface area contributed by atoms with E-state index >= 15 is 0 Å². The number of amides is 2. The minimum Gasteiger partial charge on any atom is -0.351 e. The van der Waals surface area contributed by atoms with E-state index in [0.717, 1.165) is 25.7 Å². The van der Waals surface area contributed by atoms with Crippen LogP contribution >= 0.6 is 11.6 Å². The Morgan fingerprint density at radius 1 is 0.967 bits per heavy atom. The highest BCUT2D eigenvalue weighted by Gasteiger charge is 2.22. The molecule has 0 saturated heterocycles. The molecule has 0 aliphatic heterocycles. The fourth-order valence-corrected chi connectivity index (χ4v) is 4.89. The zero-order valence-electron chi connectivity index (χ0n) is 16.4. The number of nitrogens with one attached hydrogen (secondary N) is 3. The number of halogens is 1. The van der Waals surface area contributed by atoms with Crippen LogP contribution < -0.4 is 15.4 Å². The van der Waals surface area contributed by atoms with Crippen molar-refractivity contribution in [2.75, 3.05) is 18.4 Å². The molecule has 0 bridgehead atoms. The lowest BCUT2D eigenvalue weighted by atomic mass is 10.1. The Balaban J connectivity index is 1.46. The molecular formula is C21H24ClN3O4S. The van der Waals surface area contributed by atoms with Crippen LogP contribution in [0.15, 0.2) is 53.4 Å². The zero-order valence-corrected chi connectivity index (χ0v) is 17.9. The molecule has 160 valence electrons. The average Bonchev–Trinajstić information content (AvgIpc) is 3.27. The second kappa shape index (κ2) is 10.1.